The molecule has 0 spiro atoms. The molecule has 0 aliphatic rings. The molecule has 0 aliphatic carbocycles. The molecule has 3 aromatic rings. The van der Waals surface area contributed by atoms with Gasteiger partial charge in [0.1, 0.15) is 0 Å². The predicted octanol–water partition coefficient (Wildman–Crippen LogP) is -0.442. The van der Waals surface area contributed by atoms with Crippen LogP contribution in [0.25, 0.3) is 16.7 Å². The number of hydrogen-bond donors (Lipinski definition) is 1. The van der Waals surface area contributed by atoms with Crippen LogP contribution in [0.3, 0.4) is 0 Å². The minimum Gasteiger partial charge on any atom is -0.491 e. The number of aromatic hydroxyl groups is 1. The fraction of sp³-hybridized carbons (Fsp3) is 0.214. The SMILES string of the molecule is Cn1c(O)c(-n2c[n+](C)c3ccccc32)c(=O)n(C)c1=O. The van der Waals surface area contributed by atoms with Gasteiger partial charge >= 0.3 is 11.2 Å². The van der Waals surface area contributed by atoms with Crippen LogP contribution in [0.5, 0.6) is 5.88 Å². The Morgan fingerprint density at radius 3 is 2.48 bits per heavy atom. The molecule has 2 heterocycles. The second-order valence-corrected chi connectivity index (χ2v) is 4.96. The van der Waals surface area contributed by atoms with Gasteiger partial charge in [-0.2, -0.15) is 4.57 Å². The lowest BCUT2D eigenvalue weighted by atomic mass is 10.3. The van der Waals surface area contributed by atoms with Crippen LogP contribution >= 0.6 is 0 Å². The van der Waals surface area contributed by atoms with Gasteiger partial charge in [-0.3, -0.25) is 13.9 Å². The zero-order chi connectivity index (χ0) is 15.3. The Kier molecular flexibility index (Phi) is 2.72. The zero-order valence-electron chi connectivity index (χ0n) is 11.9. The Morgan fingerprint density at radius 2 is 1.76 bits per heavy atom. The summed E-state index contributed by atoms with van der Waals surface area (Å²) in [6, 6.07) is 7.50. The van der Waals surface area contributed by atoms with Crippen molar-refractivity contribution in [3.63, 3.8) is 0 Å². The Labute approximate surface area is 119 Å². The molecular formula is C14H15N4O3+. The second-order valence-electron chi connectivity index (χ2n) is 4.96. The normalized spacial score (nSPS) is 11.2. The van der Waals surface area contributed by atoms with Crippen molar-refractivity contribution < 1.29 is 9.67 Å². The molecule has 108 valence electrons. The topological polar surface area (TPSA) is 73.0 Å². The number of aryl methyl sites for hydroxylation is 1. The molecule has 0 unspecified atom stereocenters. The minimum absolute atomic E-state index is 0.0522. The number of hydrogen-bond acceptors (Lipinski definition) is 3. The summed E-state index contributed by atoms with van der Waals surface area (Å²) in [4.78, 5) is 24.2. The molecule has 3 rings (SSSR count). The van der Waals surface area contributed by atoms with Crippen molar-refractivity contribution in [1.29, 1.82) is 0 Å². The van der Waals surface area contributed by atoms with E-state index in [0.717, 1.165) is 20.2 Å². The third-order valence-electron chi connectivity index (χ3n) is 3.66. The monoisotopic (exact) mass is 287 g/mol. The Balaban J connectivity index is 2.51. The van der Waals surface area contributed by atoms with E-state index in [9.17, 15) is 14.7 Å². The molecule has 0 saturated heterocycles. The molecule has 0 amide bonds. The molecule has 7 heteroatoms. The highest BCUT2D eigenvalue weighted by atomic mass is 16.3. The first kappa shape index (κ1) is 13.2. The molecule has 0 atom stereocenters. The van der Waals surface area contributed by atoms with Crippen LogP contribution in [0, 0.1) is 0 Å². The zero-order valence-corrected chi connectivity index (χ0v) is 11.9. The van der Waals surface area contributed by atoms with Gasteiger partial charge in [-0.15, -0.1) is 0 Å². The third kappa shape index (κ3) is 1.70. The van der Waals surface area contributed by atoms with Crippen LogP contribution in [0.4, 0.5) is 0 Å². The molecule has 0 radical (unpaired) electrons. The summed E-state index contributed by atoms with van der Waals surface area (Å²) in [6.07, 6.45) is 1.70. The first-order valence-electron chi connectivity index (χ1n) is 6.38. The van der Waals surface area contributed by atoms with Crippen molar-refractivity contribution in [2.24, 2.45) is 21.1 Å². The van der Waals surface area contributed by atoms with Crippen molar-refractivity contribution in [2.45, 2.75) is 0 Å². The van der Waals surface area contributed by atoms with Crippen LogP contribution in [0.2, 0.25) is 0 Å². The number of nitrogens with zero attached hydrogens (tertiary/aromatic N) is 4. The summed E-state index contributed by atoms with van der Waals surface area (Å²) >= 11 is 0. The highest BCUT2D eigenvalue weighted by molar-refractivity contribution is 5.74. The molecule has 21 heavy (non-hydrogen) atoms. The van der Waals surface area contributed by atoms with Crippen molar-refractivity contribution >= 4 is 11.0 Å². The van der Waals surface area contributed by atoms with Crippen LogP contribution in [-0.4, -0.2) is 18.8 Å². The Morgan fingerprint density at radius 1 is 1.10 bits per heavy atom. The summed E-state index contributed by atoms with van der Waals surface area (Å²) in [5, 5.41) is 10.2. The molecule has 0 fully saturated rings. The lowest BCUT2D eigenvalue weighted by Crippen LogP contribution is -2.39. The molecule has 2 aromatic heterocycles. The van der Waals surface area contributed by atoms with E-state index in [1.165, 1.54) is 14.1 Å². The number of fused-ring (bicyclic) bond motifs is 1. The summed E-state index contributed by atoms with van der Waals surface area (Å²) in [6.45, 7) is 0. The van der Waals surface area contributed by atoms with Crippen molar-refractivity contribution in [3.05, 3.63) is 51.4 Å². The summed E-state index contributed by atoms with van der Waals surface area (Å²) in [7, 11) is 4.66. The third-order valence-corrected chi connectivity index (χ3v) is 3.66. The average molecular weight is 287 g/mol. The van der Waals surface area contributed by atoms with E-state index in [0.29, 0.717) is 0 Å². The molecule has 1 aromatic carbocycles. The van der Waals surface area contributed by atoms with Crippen molar-refractivity contribution in [3.8, 4) is 11.6 Å². The first-order chi connectivity index (χ1) is 9.93. The van der Waals surface area contributed by atoms with Gasteiger partial charge in [-0.05, 0) is 12.1 Å². The van der Waals surface area contributed by atoms with E-state index in [4.69, 9.17) is 0 Å². The first-order valence-corrected chi connectivity index (χ1v) is 6.38. The molecule has 0 saturated carbocycles. The fourth-order valence-electron chi connectivity index (χ4n) is 2.47. The van der Waals surface area contributed by atoms with E-state index < -0.39 is 11.2 Å². The van der Waals surface area contributed by atoms with Crippen LogP contribution < -0.4 is 15.8 Å². The van der Waals surface area contributed by atoms with Crippen LogP contribution in [0.1, 0.15) is 0 Å². The quantitative estimate of drug-likeness (QED) is 0.617. The Hall–Kier alpha value is -2.83. The van der Waals surface area contributed by atoms with Crippen molar-refractivity contribution in [2.75, 3.05) is 0 Å². The lowest BCUT2D eigenvalue weighted by molar-refractivity contribution is -0.645. The average Bonchev–Trinajstić information content (AvgIpc) is 2.81. The molecule has 7 nitrogen and oxygen atoms in total. The number of benzene rings is 1. The van der Waals surface area contributed by atoms with Gasteiger partial charge < -0.3 is 5.11 Å². The fourth-order valence-corrected chi connectivity index (χ4v) is 2.47. The van der Waals surface area contributed by atoms with Gasteiger partial charge in [-0.1, -0.05) is 12.1 Å². The van der Waals surface area contributed by atoms with E-state index >= 15 is 0 Å². The van der Waals surface area contributed by atoms with E-state index in [2.05, 4.69) is 0 Å². The van der Waals surface area contributed by atoms with E-state index in [1.54, 1.807) is 10.9 Å². The number of para-hydroxylation sites is 2. The van der Waals surface area contributed by atoms with Gasteiger partial charge in [0, 0.05) is 14.1 Å². The van der Waals surface area contributed by atoms with Gasteiger partial charge in [0.25, 0.3) is 5.69 Å². The highest BCUT2D eigenvalue weighted by Crippen LogP contribution is 2.19. The largest absolute Gasteiger partial charge is 0.491 e. The smallest absolute Gasteiger partial charge is 0.333 e. The summed E-state index contributed by atoms with van der Waals surface area (Å²) < 4.78 is 5.46. The predicted molar refractivity (Wildman–Crippen MR) is 76.6 cm³/mol. The number of rotatable bonds is 1. The number of aromatic nitrogens is 4. The molecular weight excluding hydrogens is 272 g/mol. The molecule has 0 bridgehead atoms. The van der Waals surface area contributed by atoms with Crippen LogP contribution in [-0.2, 0) is 21.1 Å². The Bertz CT molecular complexity index is 978. The van der Waals surface area contributed by atoms with Gasteiger partial charge in [0.2, 0.25) is 12.2 Å². The lowest BCUT2D eigenvalue weighted by Gasteiger charge is -2.07. The maximum absolute atomic E-state index is 12.4. The standard InChI is InChI=1S/C14H14N4O3/c1-15-8-18(10-7-5-4-6-9(10)15)11-12(19)16(2)14(21)17(3)13(11)20/h4-8H,1-3H3/p+1. The highest BCUT2D eigenvalue weighted by Gasteiger charge is 2.24. The van der Waals surface area contributed by atoms with E-state index in [-0.39, 0.29) is 11.6 Å². The molecule has 1 N–H and O–H groups in total. The second kappa shape index (κ2) is 4.34. The van der Waals surface area contributed by atoms with Crippen LogP contribution in [0.15, 0.2) is 40.2 Å². The maximum atomic E-state index is 12.4. The number of imidazole rings is 1. The molecule has 0 aliphatic heterocycles. The summed E-state index contributed by atoms with van der Waals surface area (Å²) in [5.74, 6) is -0.357. The van der Waals surface area contributed by atoms with Gasteiger partial charge in [0.05, 0.1) is 7.05 Å². The maximum Gasteiger partial charge on any atom is 0.333 e. The van der Waals surface area contributed by atoms with Gasteiger partial charge in [0.15, 0.2) is 11.0 Å². The van der Waals surface area contributed by atoms with Crippen molar-refractivity contribution in [1.82, 2.24) is 13.7 Å². The van der Waals surface area contributed by atoms with E-state index in [1.807, 2.05) is 35.9 Å². The summed E-state index contributed by atoms with van der Waals surface area (Å²) in [5.41, 5.74) is 0.620. The van der Waals surface area contributed by atoms with Gasteiger partial charge in [-0.25, -0.2) is 9.36 Å². The minimum atomic E-state index is -0.568.